The number of nitrogens with one attached hydrogen (secondary N) is 1. The van der Waals surface area contributed by atoms with Gasteiger partial charge >= 0.3 is 5.97 Å². The van der Waals surface area contributed by atoms with Crippen LogP contribution >= 0.6 is 23.2 Å². The van der Waals surface area contributed by atoms with E-state index < -0.39 is 5.97 Å². The second kappa shape index (κ2) is 7.29. The molecule has 2 aromatic rings. The molecule has 22 heavy (non-hydrogen) atoms. The zero-order valence-electron chi connectivity index (χ0n) is 11.7. The first-order chi connectivity index (χ1) is 10.5. The summed E-state index contributed by atoms with van der Waals surface area (Å²) in [5, 5.41) is 3.43. The normalized spacial score (nSPS) is 10.1. The van der Waals surface area contributed by atoms with Crippen LogP contribution in [0.4, 0.5) is 5.69 Å². The van der Waals surface area contributed by atoms with Gasteiger partial charge in [-0.2, -0.15) is 0 Å². The number of carbonyl (C=O) groups is 2. The van der Waals surface area contributed by atoms with Gasteiger partial charge in [-0.25, -0.2) is 4.79 Å². The van der Waals surface area contributed by atoms with Gasteiger partial charge in [-0.3, -0.25) is 4.79 Å². The third-order valence-corrected chi connectivity index (χ3v) is 3.38. The molecule has 0 bridgehead atoms. The number of anilines is 1. The third-order valence-electron chi connectivity index (χ3n) is 2.83. The summed E-state index contributed by atoms with van der Waals surface area (Å²) in [5.74, 6) is -0.758. The molecule has 114 valence electrons. The van der Waals surface area contributed by atoms with E-state index in [2.05, 4.69) is 5.32 Å². The Kier molecular flexibility index (Phi) is 5.41. The van der Waals surface area contributed by atoms with Gasteiger partial charge in [0.2, 0.25) is 0 Å². The Labute approximate surface area is 138 Å². The molecule has 0 heterocycles. The molecule has 0 aromatic heterocycles. The fraction of sp³-hybridized carbons (Fsp3) is 0.125. The van der Waals surface area contributed by atoms with Gasteiger partial charge in [0.25, 0.3) is 5.91 Å². The number of rotatable bonds is 4. The van der Waals surface area contributed by atoms with Crippen molar-refractivity contribution in [3.63, 3.8) is 0 Å². The molecule has 0 aliphatic rings. The number of benzene rings is 2. The fourth-order valence-electron chi connectivity index (χ4n) is 1.78. The Bertz CT molecular complexity index is 699. The van der Waals surface area contributed by atoms with Gasteiger partial charge in [0.05, 0.1) is 22.8 Å². The summed E-state index contributed by atoms with van der Waals surface area (Å²) in [4.78, 5) is 23.7. The Morgan fingerprint density at radius 3 is 2.36 bits per heavy atom. The molecular formula is C16H13Cl2NO3. The summed E-state index contributed by atoms with van der Waals surface area (Å²) in [5.41, 5.74) is 1.29. The summed E-state index contributed by atoms with van der Waals surface area (Å²) in [6.07, 6.45) is 0. The van der Waals surface area contributed by atoms with Gasteiger partial charge in [0, 0.05) is 10.7 Å². The first-order valence-electron chi connectivity index (χ1n) is 6.55. The lowest BCUT2D eigenvalue weighted by atomic mass is 10.2. The summed E-state index contributed by atoms with van der Waals surface area (Å²) in [7, 11) is 0. The lowest BCUT2D eigenvalue weighted by molar-refractivity contribution is 0.0526. The minimum atomic E-state index is -0.402. The minimum absolute atomic E-state index is 0.271. The smallest absolute Gasteiger partial charge is 0.338 e. The Morgan fingerprint density at radius 2 is 1.77 bits per heavy atom. The van der Waals surface area contributed by atoms with Gasteiger partial charge in [-0.15, -0.1) is 0 Å². The first kappa shape index (κ1) is 16.3. The van der Waals surface area contributed by atoms with Crippen LogP contribution in [-0.4, -0.2) is 18.5 Å². The van der Waals surface area contributed by atoms with Crippen molar-refractivity contribution in [1.82, 2.24) is 0 Å². The fourth-order valence-corrected chi connectivity index (χ4v) is 2.27. The summed E-state index contributed by atoms with van der Waals surface area (Å²) in [6.45, 7) is 2.05. The minimum Gasteiger partial charge on any atom is -0.462 e. The van der Waals surface area contributed by atoms with Gasteiger partial charge in [-0.05, 0) is 49.4 Å². The van der Waals surface area contributed by atoms with E-state index in [9.17, 15) is 9.59 Å². The first-order valence-corrected chi connectivity index (χ1v) is 7.30. The molecule has 0 atom stereocenters. The maximum atomic E-state index is 12.1. The van der Waals surface area contributed by atoms with Crippen LogP contribution in [0.5, 0.6) is 0 Å². The number of halogens is 2. The van der Waals surface area contributed by atoms with Crippen LogP contribution in [0.3, 0.4) is 0 Å². The maximum absolute atomic E-state index is 12.1. The SMILES string of the molecule is CCOC(=O)c1ccc(NC(=O)c2ccc(Cl)cc2Cl)cc1. The zero-order chi connectivity index (χ0) is 16.1. The van der Waals surface area contributed by atoms with Crippen molar-refractivity contribution in [3.8, 4) is 0 Å². The highest BCUT2D eigenvalue weighted by molar-refractivity contribution is 6.37. The zero-order valence-corrected chi connectivity index (χ0v) is 13.2. The highest BCUT2D eigenvalue weighted by atomic mass is 35.5. The van der Waals surface area contributed by atoms with E-state index in [1.807, 2.05) is 0 Å². The predicted molar refractivity (Wildman–Crippen MR) is 86.8 cm³/mol. The molecule has 2 rings (SSSR count). The molecule has 1 amide bonds. The number of hydrogen-bond acceptors (Lipinski definition) is 3. The molecule has 0 aliphatic carbocycles. The second-order valence-electron chi connectivity index (χ2n) is 4.38. The van der Waals surface area contributed by atoms with Crippen molar-refractivity contribution in [2.75, 3.05) is 11.9 Å². The lowest BCUT2D eigenvalue weighted by Crippen LogP contribution is -2.12. The van der Waals surface area contributed by atoms with E-state index >= 15 is 0 Å². The van der Waals surface area contributed by atoms with E-state index in [-0.39, 0.29) is 10.9 Å². The van der Waals surface area contributed by atoms with Crippen LogP contribution in [0.25, 0.3) is 0 Å². The second-order valence-corrected chi connectivity index (χ2v) is 5.22. The molecule has 6 heteroatoms. The molecule has 0 unspecified atom stereocenters. The van der Waals surface area contributed by atoms with Crippen molar-refractivity contribution in [3.05, 3.63) is 63.6 Å². The average Bonchev–Trinajstić information content (AvgIpc) is 2.48. The van der Waals surface area contributed by atoms with Gasteiger partial charge in [0.15, 0.2) is 0 Å². The monoisotopic (exact) mass is 337 g/mol. The van der Waals surface area contributed by atoms with Crippen molar-refractivity contribution in [2.45, 2.75) is 6.92 Å². The predicted octanol–water partition coefficient (Wildman–Crippen LogP) is 4.42. The summed E-state index contributed by atoms with van der Waals surface area (Å²) >= 11 is 11.8. The van der Waals surface area contributed by atoms with Crippen LogP contribution < -0.4 is 5.32 Å². The molecular weight excluding hydrogens is 325 g/mol. The van der Waals surface area contributed by atoms with E-state index in [4.69, 9.17) is 27.9 Å². The van der Waals surface area contributed by atoms with E-state index in [1.165, 1.54) is 6.07 Å². The third kappa shape index (κ3) is 4.00. The van der Waals surface area contributed by atoms with E-state index in [0.29, 0.717) is 28.4 Å². The van der Waals surface area contributed by atoms with Crippen molar-refractivity contribution >= 4 is 40.8 Å². The average molecular weight is 338 g/mol. The molecule has 0 fully saturated rings. The molecule has 0 radical (unpaired) electrons. The van der Waals surface area contributed by atoms with Crippen LogP contribution in [0, 0.1) is 0 Å². The molecule has 2 aromatic carbocycles. The van der Waals surface area contributed by atoms with Gasteiger partial charge < -0.3 is 10.1 Å². The standard InChI is InChI=1S/C16H13Cl2NO3/c1-2-22-16(21)10-3-6-12(7-4-10)19-15(20)13-8-5-11(17)9-14(13)18/h3-9H,2H2,1H3,(H,19,20). The van der Waals surface area contributed by atoms with Crippen molar-refractivity contribution in [1.29, 1.82) is 0 Å². The highest BCUT2D eigenvalue weighted by Crippen LogP contribution is 2.22. The Morgan fingerprint density at radius 1 is 1.09 bits per heavy atom. The molecule has 0 saturated carbocycles. The number of ether oxygens (including phenoxy) is 1. The van der Waals surface area contributed by atoms with Crippen molar-refractivity contribution in [2.24, 2.45) is 0 Å². The van der Waals surface area contributed by atoms with Crippen LogP contribution in [-0.2, 0) is 4.74 Å². The van der Waals surface area contributed by atoms with E-state index in [0.717, 1.165) is 0 Å². The van der Waals surface area contributed by atoms with Gasteiger partial charge in [0.1, 0.15) is 0 Å². The topological polar surface area (TPSA) is 55.4 Å². The summed E-state index contributed by atoms with van der Waals surface area (Å²) in [6, 6.07) is 11.0. The number of hydrogen-bond donors (Lipinski definition) is 1. The molecule has 0 spiro atoms. The maximum Gasteiger partial charge on any atom is 0.338 e. The van der Waals surface area contributed by atoms with Gasteiger partial charge in [-0.1, -0.05) is 23.2 Å². The largest absolute Gasteiger partial charge is 0.462 e. The van der Waals surface area contributed by atoms with E-state index in [1.54, 1.807) is 43.3 Å². The summed E-state index contributed by atoms with van der Waals surface area (Å²) < 4.78 is 4.89. The Hall–Kier alpha value is -2.04. The van der Waals surface area contributed by atoms with Crippen molar-refractivity contribution < 1.29 is 14.3 Å². The molecule has 1 N–H and O–H groups in total. The number of esters is 1. The van der Waals surface area contributed by atoms with Crippen LogP contribution in [0.15, 0.2) is 42.5 Å². The molecule has 0 aliphatic heterocycles. The highest BCUT2D eigenvalue weighted by Gasteiger charge is 2.12. The van der Waals surface area contributed by atoms with Crippen LogP contribution in [0.1, 0.15) is 27.6 Å². The Balaban J connectivity index is 2.10. The number of carbonyl (C=O) groups excluding carboxylic acids is 2. The quantitative estimate of drug-likeness (QED) is 0.840. The van der Waals surface area contributed by atoms with Crippen LogP contribution in [0.2, 0.25) is 10.0 Å². The lowest BCUT2D eigenvalue weighted by Gasteiger charge is -2.08. The number of amides is 1. The molecule has 4 nitrogen and oxygen atoms in total. The molecule has 0 saturated heterocycles.